The standard InChI is InChI=1S/C27H31FN4/c1-5-17-9-8-10-18(6-2)26(17)32-27(21-16-31(4)14-12-23(21)30-32)24-20-11-13-29-25(20)19(7-3)15-22(24)28/h8-11,13,15,29H,5-7,12,14,16H2,1-4H3. The molecule has 0 saturated carbocycles. The molecule has 0 unspecified atom stereocenters. The van der Waals surface area contributed by atoms with Crippen molar-refractivity contribution in [2.24, 2.45) is 0 Å². The molecule has 3 heterocycles. The number of halogens is 1. The van der Waals surface area contributed by atoms with E-state index in [-0.39, 0.29) is 5.82 Å². The highest BCUT2D eigenvalue weighted by atomic mass is 19.1. The highest BCUT2D eigenvalue weighted by Crippen LogP contribution is 2.40. The summed E-state index contributed by atoms with van der Waals surface area (Å²) >= 11 is 0. The number of rotatable bonds is 5. The van der Waals surface area contributed by atoms with Crippen LogP contribution in [0, 0.1) is 5.82 Å². The number of nitrogens with one attached hydrogen (secondary N) is 1. The Morgan fingerprint density at radius 2 is 1.75 bits per heavy atom. The molecule has 1 aliphatic rings. The third-order valence-electron chi connectivity index (χ3n) is 6.90. The molecule has 4 nitrogen and oxygen atoms in total. The van der Waals surface area contributed by atoms with Gasteiger partial charge in [0.1, 0.15) is 5.82 Å². The summed E-state index contributed by atoms with van der Waals surface area (Å²) in [7, 11) is 2.13. The second-order valence-electron chi connectivity index (χ2n) is 8.82. The Labute approximate surface area is 189 Å². The Balaban J connectivity index is 1.90. The normalized spacial score (nSPS) is 14.3. The van der Waals surface area contributed by atoms with Crippen molar-refractivity contribution in [1.82, 2.24) is 19.7 Å². The number of hydrogen-bond acceptors (Lipinski definition) is 2. The van der Waals surface area contributed by atoms with Gasteiger partial charge in [-0.3, -0.25) is 0 Å². The van der Waals surface area contributed by atoms with Crippen LogP contribution in [0.1, 0.15) is 48.7 Å². The van der Waals surface area contributed by atoms with Gasteiger partial charge in [0.05, 0.1) is 17.1 Å². The second kappa shape index (κ2) is 8.21. The van der Waals surface area contributed by atoms with E-state index < -0.39 is 0 Å². The van der Waals surface area contributed by atoms with Gasteiger partial charge < -0.3 is 9.88 Å². The molecule has 4 aromatic rings. The summed E-state index contributed by atoms with van der Waals surface area (Å²) in [6.45, 7) is 8.17. The maximum absolute atomic E-state index is 15.9. The molecular weight excluding hydrogens is 399 g/mol. The van der Waals surface area contributed by atoms with Crippen molar-refractivity contribution in [3.05, 3.63) is 70.3 Å². The predicted molar refractivity (Wildman–Crippen MR) is 129 cm³/mol. The molecule has 0 saturated heterocycles. The van der Waals surface area contributed by atoms with Gasteiger partial charge in [-0.25, -0.2) is 9.07 Å². The fourth-order valence-electron chi connectivity index (χ4n) is 5.20. The molecule has 2 aromatic carbocycles. The smallest absolute Gasteiger partial charge is 0.133 e. The molecule has 5 rings (SSSR count). The average Bonchev–Trinajstić information content (AvgIpc) is 3.43. The van der Waals surface area contributed by atoms with Gasteiger partial charge in [-0.2, -0.15) is 5.10 Å². The molecule has 0 bridgehead atoms. The van der Waals surface area contributed by atoms with Gasteiger partial charge >= 0.3 is 0 Å². The average molecular weight is 431 g/mol. The summed E-state index contributed by atoms with van der Waals surface area (Å²) in [6.07, 6.45) is 5.40. The van der Waals surface area contributed by atoms with Crippen LogP contribution in [0.4, 0.5) is 4.39 Å². The molecule has 0 fully saturated rings. The van der Waals surface area contributed by atoms with Crippen molar-refractivity contribution in [3.63, 3.8) is 0 Å². The van der Waals surface area contributed by atoms with E-state index in [0.29, 0.717) is 5.56 Å². The van der Waals surface area contributed by atoms with Crippen molar-refractivity contribution in [1.29, 1.82) is 0 Å². The number of fused-ring (bicyclic) bond motifs is 2. The summed E-state index contributed by atoms with van der Waals surface area (Å²) < 4.78 is 17.9. The Morgan fingerprint density at radius 3 is 2.44 bits per heavy atom. The number of nitrogens with zero attached hydrogens (tertiary/aromatic N) is 3. The maximum atomic E-state index is 15.9. The van der Waals surface area contributed by atoms with Crippen molar-refractivity contribution in [3.8, 4) is 16.9 Å². The highest BCUT2D eigenvalue weighted by Gasteiger charge is 2.29. The van der Waals surface area contributed by atoms with Gasteiger partial charge in [-0.1, -0.05) is 39.0 Å². The quantitative estimate of drug-likeness (QED) is 0.432. The summed E-state index contributed by atoms with van der Waals surface area (Å²) in [5.41, 5.74) is 9.45. The van der Waals surface area contributed by atoms with E-state index in [9.17, 15) is 0 Å². The van der Waals surface area contributed by atoms with Crippen LogP contribution in [-0.2, 0) is 32.2 Å². The SMILES string of the molecule is CCc1cccc(CC)c1-n1nc2c(c1-c1c(F)cc(CC)c3[nH]ccc13)CN(C)CC2. The van der Waals surface area contributed by atoms with E-state index in [1.54, 1.807) is 6.07 Å². The number of benzene rings is 2. The second-order valence-corrected chi connectivity index (χ2v) is 8.82. The van der Waals surface area contributed by atoms with Crippen molar-refractivity contribution >= 4 is 10.9 Å². The zero-order valence-electron chi connectivity index (χ0n) is 19.4. The lowest BCUT2D eigenvalue weighted by Gasteiger charge is -2.23. The minimum Gasteiger partial charge on any atom is -0.361 e. The molecule has 32 heavy (non-hydrogen) atoms. The fraction of sp³-hybridized carbons (Fsp3) is 0.370. The summed E-state index contributed by atoms with van der Waals surface area (Å²) in [6, 6.07) is 10.2. The Morgan fingerprint density at radius 1 is 1.03 bits per heavy atom. The van der Waals surface area contributed by atoms with Gasteiger partial charge in [0.2, 0.25) is 0 Å². The predicted octanol–water partition coefficient (Wildman–Crippen LogP) is 5.83. The van der Waals surface area contributed by atoms with Crippen molar-refractivity contribution in [2.75, 3.05) is 13.6 Å². The van der Waals surface area contributed by atoms with Crippen LogP contribution >= 0.6 is 0 Å². The first kappa shape index (κ1) is 21.0. The molecule has 1 N–H and O–H groups in total. The summed E-state index contributed by atoms with van der Waals surface area (Å²) in [5, 5.41) is 6.07. The molecule has 0 aliphatic carbocycles. The van der Waals surface area contributed by atoms with Crippen LogP contribution in [0.2, 0.25) is 0 Å². The van der Waals surface area contributed by atoms with E-state index in [2.05, 4.69) is 60.6 Å². The maximum Gasteiger partial charge on any atom is 0.133 e. The first-order valence-electron chi connectivity index (χ1n) is 11.8. The topological polar surface area (TPSA) is 36.9 Å². The fourth-order valence-corrected chi connectivity index (χ4v) is 5.20. The zero-order chi connectivity index (χ0) is 22.4. The Kier molecular flexibility index (Phi) is 5.38. The molecule has 0 atom stereocenters. The van der Waals surface area contributed by atoms with Gasteiger partial charge in [0.15, 0.2) is 0 Å². The zero-order valence-corrected chi connectivity index (χ0v) is 19.4. The van der Waals surface area contributed by atoms with E-state index in [0.717, 1.165) is 77.9 Å². The largest absolute Gasteiger partial charge is 0.361 e. The van der Waals surface area contributed by atoms with E-state index >= 15 is 4.39 Å². The Hall–Kier alpha value is -2.92. The van der Waals surface area contributed by atoms with Crippen LogP contribution in [0.3, 0.4) is 0 Å². The lowest BCUT2D eigenvalue weighted by atomic mass is 9.95. The summed E-state index contributed by atoms with van der Waals surface area (Å²) in [5.74, 6) is -0.168. The van der Waals surface area contributed by atoms with Crippen molar-refractivity contribution < 1.29 is 4.39 Å². The van der Waals surface area contributed by atoms with Gasteiger partial charge in [-0.05, 0) is 55.1 Å². The van der Waals surface area contributed by atoms with Gasteiger partial charge in [0.25, 0.3) is 0 Å². The van der Waals surface area contributed by atoms with E-state index in [4.69, 9.17) is 5.10 Å². The number of aryl methyl sites for hydroxylation is 3. The third kappa shape index (κ3) is 3.18. The van der Waals surface area contributed by atoms with Gasteiger partial charge in [-0.15, -0.1) is 0 Å². The highest BCUT2D eigenvalue weighted by molar-refractivity contribution is 5.97. The van der Waals surface area contributed by atoms with Crippen molar-refractivity contribution in [2.45, 2.75) is 53.0 Å². The first-order chi connectivity index (χ1) is 15.6. The van der Waals surface area contributed by atoms with Gasteiger partial charge in [0, 0.05) is 47.7 Å². The van der Waals surface area contributed by atoms with Crippen LogP contribution in [0.5, 0.6) is 0 Å². The lowest BCUT2D eigenvalue weighted by Crippen LogP contribution is -2.26. The van der Waals surface area contributed by atoms with Crippen LogP contribution < -0.4 is 0 Å². The molecule has 166 valence electrons. The molecule has 5 heteroatoms. The number of H-pyrrole nitrogens is 1. The molecule has 0 amide bonds. The number of para-hydroxylation sites is 1. The number of aromatic amines is 1. The van der Waals surface area contributed by atoms with E-state index in [1.165, 1.54) is 11.1 Å². The first-order valence-corrected chi connectivity index (χ1v) is 11.8. The lowest BCUT2D eigenvalue weighted by molar-refractivity contribution is 0.312. The molecule has 2 aromatic heterocycles. The summed E-state index contributed by atoms with van der Waals surface area (Å²) in [4.78, 5) is 5.66. The van der Waals surface area contributed by atoms with Crippen LogP contribution in [-0.4, -0.2) is 33.3 Å². The molecule has 1 aliphatic heterocycles. The number of likely N-dealkylation sites (N-methyl/N-ethyl adjacent to an activating group) is 1. The third-order valence-corrected chi connectivity index (χ3v) is 6.90. The van der Waals surface area contributed by atoms with E-state index in [1.807, 2.05) is 12.3 Å². The monoisotopic (exact) mass is 430 g/mol. The number of hydrogen-bond donors (Lipinski definition) is 1. The van der Waals surface area contributed by atoms with Crippen LogP contribution in [0.25, 0.3) is 27.8 Å². The van der Waals surface area contributed by atoms with Crippen LogP contribution in [0.15, 0.2) is 36.5 Å². The minimum absolute atomic E-state index is 0.168. The molecule has 0 radical (unpaired) electrons. The number of aromatic nitrogens is 3. The Bertz CT molecular complexity index is 1270. The minimum atomic E-state index is -0.168. The molecule has 0 spiro atoms. The molecular formula is C27H31FN4.